The van der Waals surface area contributed by atoms with E-state index >= 15 is 0 Å². The van der Waals surface area contributed by atoms with Crippen LogP contribution in [0.1, 0.15) is 83.4 Å². The number of fused-ring (bicyclic) bond motifs is 6. The van der Waals surface area contributed by atoms with Crippen molar-refractivity contribution in [2.24, 2.45) is 17.6 Å². The summed E-state index contributed by atoms with van der Waals surface area (Å²) in [7, 11) is 2.69. The van der Waals surface area contributed by atoms with Crippen molar-refractivity contribution >= 4 is 83.0 Å². The third-order valence-electron chi connectivity index (χ3n) is 10.8. The Balaban J connectivity index is 1.18. The van der Waals surface area contributed by atoms with Gasteiger partial charge in [-0.1, -0.05) is 39.8 Å². The third kappa shape index (κ3) is 7.74. The summed E-state index contributed by atoms with van der Waals surface area (Å²) in [6.07, 6.45) is 3.02. The second-order valence-electron chi connectivity index (χ2n) is 15.1. The number of amides is 3. The van der Waals surface area contributed by atoms with Gasteiger partial charge in [-0.25, -0.2) is 19.6 Å². The first-order chi connectivity index (χ1) is 26.5. The van der Waals surface area contributed by atoms with Gasteiger partial charge in [0.1, 0.15) is 17.7 Å². The first-order valence-electron chi connectivity index (χ1n) is 19.0. The van der Waals surface area contributed by atoms with Crippen molar-refractivity contribution in [1.82, 2.24) is 35.5 Å². The molecule has 15 heteroatoms. The van der Waals surface area contributed by atoms with Crippen LogP contribution in [0, 0.1) is 11.8 Å². The van der Waals surface area contributed by atoms with Gasteiger partial charge in [0.15, 0.2) is 0 Å². The molecule has 0 bridgehead atoms. The number of benzene rings is 2. The molecule has 13 nitrogen and oxygen atoms in total. The van der Waals surface area contributed by atoms with Crippen LogP contribution < -0.4 is 16.4 Å². The minimum Gasteiger partial charge on any atom is -0.453 e. The Morgan fingerprint density at radius 3 is 2.11 bits per heavy atom. The van der Waals surface area contributed by atoms with Crippen LogP contribution in [0.25, 0.3) is 52.0 Å². The molecule has 0 spiro atoms. The Morgan fingerprint density at radius 1 is 0.891 bits per heavy atom. The average Bonchev–Trinajstić information content (AvgIpc) is 4.01. The maximum Gasteiger partial charge on any atom is 0.407 e. The number of carbonyl (C=O) groups excluding carboxylic acids is 3. The number of nitrogens with zero attached hydrogens (tertiary/aromatic N) is 3. The number of hydrogen-bond acceptors (Lipinski definition) is 10. The topological polar surface area (TPSA) is 180 Å². The summed E-state index contributed by atoms with van der Waals surface area (Å²) in [5, 5.41) is 8.01. The number of alkyl carbamates (subject to hydrolysis) is 2. The Morgan fingerprint density at radius 2 is 1.51 bits per heavy atom. The smallest absolute Gasteiger partial charge is 0.407 e. The molecule has 0 radical (unpaired) electrons. The van der Waals surface area contributed by atoms with Crippen LogP contribution in [0.5, 0.6) is 0 Å². The zero-order valence-corrected chi connectivity index (χ0v) is 33.8. The fourth-order valence-electron chi connectivity index (χ4n) is 7.72. The molecule has 1 fully saturated rings. The van der Waals surface area contributed by atoms with Crippen molar-refractivity contribution < 1.29 is 23.9 Å². The molecule has 0 aliphatic carbocycles. The number of H-pyrrole nitrogens is 2. The number of imidazole rings is 2. The van der Waals surface area contributed by atoms with Gasteiger partial charge in [-0.3, -0.25) is 4.79 Å². The summed E-state index contributed by atoms with van der Waals surface area (Å²) in [5.74, 6) is 1.73. The van der Waals surface area contributed by atoms with Crippen molar-refractivity contribution in [3.63, 3.8) is 0 Å². The Labute approximate surface area is 327 Å². The maximum absolute atomic E-state index is 13.7. The molecule has 6 N–H and O–H groups in total. The second kappa shape index (κ2) is 16.2. The number of likely N-dealkylation sites (tertiary alicyclic amines) is 1. The molecular weight excluding hydrogens is 737 g/mol. The minimum atomic E-state index is -0.690. The van der Waals surface area contributed by atoms with Crippen LogP contribution >= 0.6 is 22.7 Å². The highest BCUT2D eigenvalue weighted by molar-refractivity contribution is 7.29. The van der Waals surface area contributed by atoms with E-state index in [0.717, 1.165) is 90.9 Å². The van der Waals surface area contributed by atoms with Gasteiger partial charge in [0.05, 0.1) is 51.7 Å². The lowest BCUT2D eigenvalue weighted by atomic mass is 9.89. The number of ether oxygens (including phenoxy) is 2. The predicted octanol–water partition coefficient (Wildman–Crippen LogP) is 8.17. The summed E-state index contributed by atoms with van der Waals surface area (Å²) >= 11 is 3.48. The van der Waals surface area contributed by atoms with E-state index in [9.17, 15) is 14.4 Å². The molecule has 5 heterocycles. The highest BCUT2D eigenvalue weighted by Crippen LogP contribution is 2.44. The standard InChI is InChI=1S/C40H50N8O5S2/c1-20(2)27(44-39(50)52-5)17-24(9-7-15-41)36-42-25-13-11-22-18-29(54-34(22)32(25)45-36)30-19-23-12-14-26-33(35(23)55-30)46-37(43-26)28-10-8-16-48(28)38(49)31(21(3)4)47-40(51)53-6/h11-14,18-21,24,27-28,31H,7-10,15-17,41H2,1-6H3,(H,42,45)(H,43,46)(H,44,50)(H,47,51)/t24-,27-,28+,31+/m1/s1. The molecule has 1 aliphatic heterocycles. The minimum absolute atomic E-state index is 0.0747. The fraction of sp³-hybridized carbons (Fsp3) is 0.475. The largest absolute Gasteiger partial charge is 0.453 e. The molecule has 1 aliphatic rings. The molecular formula is C40H50N8O5S2. The molecule has 7 rings (SSSR count). The third-order valence-corrected chi connectivity index (χ3v) is 13.3. The maximum atomic E-state index is 13.7. The highest BCUT2D eigenvalue weighted by atomic mass is 32.1. The lowest BCUT2D eigenvalue weighted by molar-refractivity contribution is -0.135. The van der Waals surface area contributed by atoms with E-state index in [1.54, 1.807) is 22.7 Å². The van der Waals surface area contributed by atoms with E-state index in [1.807, 2.05) is 24.8 Å². The molecule has 1 saturated heterocycles. The summed E-state index contributed by atoms with van der Waals surface area (Å²) in [5.41, 5.74) is 9.69. The Hall–Kier alpha value is -4.73. The van der Waals surface area contributed by atoms with Crippen LogP contribution in [0.4, 0.5) is 9.59 Å². The van der Waals surface area contributed by atoms with Crippen molar-refractivity contribution in [3.8, 4) is 9.75 Å². The molecule has 0 saturated carbocycles. The first-order valence-corrected chi connectivity index (χ1v) is 20.7. The summed E-state index contributed by atoms with van der Waals surface area (Å²) in [6.45, 7) is 9.21. The molecule has 292 valence electrons. The lowest BCUT2D eigenvalue weighted by Gasteiger charge is -2.29. The number of aromatic nitrogens is 4. The Kier molecular flexibility index (Phi) is 11.3. The SMILES string of the molecule is COC(=O)N[C@H](C(=O)N1CCC[C@H]1c1nc2ccc3cc(-c4cc5ccc6nc([C@H](CCCN)C[C@@H](NC(=O)OC)C(C)C)[nH]c6c5s4)sc3c2[nH]1)C(C)C. The second-order valence-corrected chi connectivity index (χ2v) is 17.2. The number of rotatable bonds is 13. The van der Waals surface area contributed by atoms with Crippen LogP contribution in [-0.4, -0.2) is 82.3 Å². The number of hydrogen-bond donors (Lipinski definition) is 5. The van der Waals surface area contributed by atoms with Gasteiger partial charge >= 0.3 is 12.2 Å². The van der Waals surface area contributed by atoms with Crippen molar-refractivity contribution in [1.29, 1.82) is 0 Å². The number of nitrogens with one attached hydrogen (secondary N) is 4. The van der Waals surface area contributed by atoms with Gasteiger partial charge in [0, 0.05) is 28.3 Å². The molecule has 55 heavy (non-hydrogen) atoms. The van der Waals surface area contributed by atoms with Gasteiger partial charge < -0.3 is 40.7 Å². The van der Waals surface area contributed by atoms with Gasteiger partial charge in [-0.2, -0.15) is 0 Å². The van der Waals surface area contributed by atoms with E-state index in [1.165, 1.54) is 19.1 Å². The summed E-state index contributed by atoms with van der Waals surface area (Å²) < 4.78 is 12.0. The van der Waals surface area contributed by atoms with E-state index in [0.29, 0.717) is 13.1 Å². The van der Waals surface area contributed by atoms with E-state index in [-0.39, 0.29) is 35.7 Å². The van der Waals surface area contributed by atoms with Crippen LogP contribution in [0.3, 0.4) is 0 Å². The Bertz CT molecular complexity index is 2340. The molecule has 4 atom stereocenters. The van der Waals surface area contributed by atoms with E-state index in [2.05, 4.69) is 64.8 Å². The highest BCUT2D eigenvalue weighted by Gasteiger charge is 2.38. The van der Waals surface area contributed by atoms with Gasteiger partial charge in [0.2, 0.25) is 5.91 Å². The zero-order valence-electron chi connectivity index (χ0n) is 32.2. The monoisotopic (exact) mass is 786 g/mol. The molecule has 0 unspecified atom stereocenters. The summed E-state index contributed by atoms with van der Waals surface area (Å²) in [6, 6.07) is 11.9. The lowest BCUT2D eigenvalue weighted by Crippen LogP contribution is -2.51. The molecule has 3 amide bonds. The zero-order chi connectivity index (χ0) is 39.0. The fourth-order valence-corrected chi connectivity index (χ4v) is 10.1. The molecule has 6 aromatic rings. The van der Waals surface area contributed by atoms with Crippen molar-refractivity contribution in [3.05, 3.63) is 48.0 Å². The normalized spacial score (nSPS) is 16.5. The molecule has 2 aromatic carbocycles. The number of methoxy groups -OCH3 is 2. The average molecular weight is 787 g/mol. The van der Waals surface area contributed by atoms with Gasteiger partial charge in [0.25, 0.3) is 0 Å². The number of nitrogens with two attached hydrogens (primary N) is 1. The van der Waals surface area contributed by atoms with Crippen molar-refractivity contribution in [2.75, 3.05) is 27.3 Å². The van der Waals surface area contributed by atoms with Crippen molar-refractivity contribution in [2.45, 2.75) is 83.8 Å². The van der Waals surface area contributed by atoms with E-state index in [4.69, 9.17) is 25.2 Å². The van der Waals surface area contributed by atoms with Gasteiger partial charge in [-0.15, -0.1) is 22.7 Å². The summed E-state index contributed by atoms with van der Waals surface area (Å²) in [4.78, 5) is 59.5. The van der Waals surface area contributed by atoms with Crippen LogP contribution in [0.2, 0.25) is 0 Å². The predicted molar refractivity (Wildman–Crippen MR) is 220 cm³/mol. The van der Waals surface area contributed by atoms with Crippen LogP contribution in [-0.2, 0) is 14.3 Å². The van der Waals surface area contributed by atoms with Gasteiger partial charge in [-0.05, 0) is 85.5 Å². The number of aromatic amines is 2. The molecule has 4 aromatic heterocycles. The van der Waals surface area contributed by atoms with Crippen LogP contribution in [0.15, 0.2) is 36.4 Å². The quantitative estimate of drug-likeness (QED) is 0.0778. The number of carbonyl (C=O) groups is 3. The first kappa shape index (κ1) is 38.5. The number of thiophene rings is 2. The van der Waals surface area contributed by atoms with E-state index < -0.39 is 18.2 Å².